The first kappa shape index (κ1) is 24.0. The van der Waals surface area contributed by atoms with Gasteiger partial charge in [0.2, 0.25) is 0 Å². The fraction of sp³-hybridized carbons (Fsp3) is 0.316. The quantitative estimate of drug-likeness (QED) is 0.595. The first-order chi connectivity index (χ1) is 10.2. The summed E-state index contributed by atoms with van der Waals surface area (Å²) in [6, 6.07) is 0. The van der Waals surface area contributed by atoms with Gasteiger partial charge in [-0.15, -0.1) is 0 Å². The van der Waals surface area contributed by atoms with Crippen LogP contribution in [0.5, 0.6) is 0 Å². The lowest BCUT2D eigenvalue weighted by atomic mass is 10.4. The summed E-state index contributed by atoms with van der Waals surface area (Å²) in [5, 5.41) is 0. The lowest BCUT2D eigenvalue weighted by Gasteiger charge is -1.91. The minimum absolute atomic E-state index is 0.840. The molecule has 2 heteroatoms. The maximum Gasteiger partial charge on any atom is 0.136 e. The molecule has 0 spiro atoms. The Bertz CT molecular complexity index is 395. The Hall–Kier alpha value is -2.09. The summed E-state index contributed by atoms with van der Waals surface area (Å²) in [7, 11) is 0. The third-order valence-corrected chi connectivity index (χ3v) is 1.81. The number of nitrogens with zero attached hydrogens (tertiary/aromatic N) is 2. The van der Waals surface area contributed by atoms with E-state index in [4.69, 9.17) is 0 Å². The van der Waals surface area contributed by atoms with Crippen LogP contribution in [0, 0.1) is 6.92 Å². The zero-order chi connectivity index (χ0) is 17.1. The van der Waals surface area contributed by atoms with Crippen molar-refractivity contribution in [3.05, 3.63) is 67.8 Å². The Labute approximate surface area is 131 Å². The van der Waals surface area contributed by atoms with Gasteiger partial charge in [0.05, 0.1) is 5.69 Å². The summed E-state index contributed by atoms with van der Waals surface area (Å²) >= 11 is 0. The molecule has 1 aromatic heterocycles. The highest BCUT2D eigenvalue weighted by molar-refractivity contribution is 5.42. The minimum atomic E-state index is 0.840. The van der Waals surface area contributed by atoms with E-state index in [-0.39, 0.29) is 0 Å². The SMILES string of the molecule is C=C/C=C\C=C/C.C=Cc1nc(C)cn1C=C.CC.CC. The van der Waals surface area contributed by atoms with Gasteiger partial charge in [0.1, 0.15) is 5.82 Å². The molecule has 0 aliphatic carbocycles. The van der Waals surface area contributed by atoms with Crippen molar-refractivity contribution in [3.63, 3.8) is 0 Å². The number of aromatic nitrogens is 2. The predicted octanol–water partition coefficient (Wildman–Crippen LogP) is 6.29. The van der Waals surface area contributed by atoms with Gasteiger partial charge in [-0.2, -0.15) is 0 Å². The molecule has 0 unspecified atom stereocenters. The average molecular weight is 288 g/mol. The maximum absolute atomic E-state index is 4.17. The van der Waals surface area contributed by atoms with E-state index in [0.717, 1.165) is 11.5 Å². The molecule has 1 aromatic rings. The number of hydrogen-bond acceptors (Lipinski definition) is 1. The number of rotatable bonds is 4. The van der Waals surface area contributed by atoms with E-state index in [9.17, 15) is 0 Å². The van der Waals surface area contributed by atoms with Crippen LogP contribution < -0.4 is 0 Å². The molecule has 0 atom stereocenters. The van der Waals surface area contributed by atoms with E-state index in [1.165, 1.54) is 0 Å². The highest BCUT2D eigenvalue weighted by Crippen LogP contribution is 2.02. The molecule has 1 heterocycles. The van der Waals surface area contributed by atoms with E-state index >= 15 is 0 Å². The van der Waals surface area contributed by atoms with Crippen LogP contribution in [-0.2, 0) is 0 Å². The Kier molecular flexibility index (Phi) is 23.1. The molecular formula is C19H32N2. The molecule has 0 fully saturated rings. The monoisotopic (exact) mass is 288 g/mol. The third-order valence-electron chi connectivity index (χ3n) is 1.81. The Morgan fingerprint density at radius 1 is 1.00 bits per heavy atom. The normalized spacial score (nSPS) is 8.67. The molecule has 118 valence electrons. The molecule has 0 saturated heterocycles. The van der Waals surface area contributed by atoms with Crippen molar-refractivity contribution < 1.29 is 0 Å². The average Bonchev–Trinajstić information content (AvgIpc) is 2.92. The molecular weight excluding hydrogens is 256 g/mol. The first-order valence-corrected chi connectivity index (χ1v) is 7.40. The molecule has 0 aliphatic rings. The largest absolute Gasteiger partial charge is 0.307 e. The van der Waals surface area contributed by atoms with Gasteiger partial charge in [0.25, 0.3) is 0 Å². The lowest BCUT2D eigenvalue weighted by Crippen LogP contribution is -1.85. The van der Waals surface area contributed by atoms with E-state index in [1.54, 1.807) is 18.4 Å². The zero-order valence-corrected chi connectivity index (χ0v) is 14.6. The van der Waals surface area contributed by atoms with Crippen LogP contribution in [0.3, 0.4) is 0 Å². The van der Waals surface area contributed by atoms with Crippen LogP contribution >= 0.6 is 0 Å². The van der Waals surface area contributed by atoms with Crippen molar-refractivity contribution >= 4 is 12.3 Å². The molecule has 0 aliphatic heterocycles. The van der Waals surface area contributed by atoms with Crippen LogP contribution in [0.15, 0.2) is 56.3 Å². The summed E-state index contributed by atoms with van der Waals surface area (Å²) in [6.07, 6.45) is 14.8. The molecule has 0 amide bonds. The van der Waals surface area contributed by atoms with Gasteiger partial charge in [0.15, 0.2) is 0 Å². The summed E-state index contributed by atoms with van der Waals surface area (Å²) in [6.45, 7) is 22.7. The molecule has 2 nitrogen and oxygen atoms in total. The third kappa shape index (κ3) is 14.1. The number of hydrogen-bond donors (Lipinski definition) is 0. The van der Waals surface area contributed by atoms with Crippen molar-refractivity contribution in [2.24, 2.45) is 0 Å². The summed E-state index contributed by atoms with van der Waals surface area (Å²) in [5.41, 5.74) is 0.981. The van der Waals surface area contributed by atoms with Crippen molar-refractivity contribution in [3.8, 4) is 0 Å². The van der Waals surface area contributed by atoms with E-state index in [2.05, 4.69) is 24.7 Å². The molecule has 0 aromatic carbocycles. The standard InChI is InChI=1S/C8H10N2.C7H10.2C2H6/c1-4-8-9-7(3)6-10(8)5-2;1-3-5-7-6-4-2;2*1-2/h4-6H,1-2H2,3H3;3-7H,1H2,2H3;2*1-2H3/b;6-4-,7-5-;;. The predicted molar refractivity (Wildman–Crippen MR) is 100 cm³/mol. The highest BCUT2D eigenvalue weighted by atomic mass is 15.0. The second-order valence-corrected chi connectivity index (χ2v) is 3.18. The van der Waals surface area contributed by atoms with Gasteiger partial charge in [-0.3, -0.25) is 0 Å². The van der Waals surface area contributed by atoms with Crippen LogP contribution in [0.1, 0.15) is 46.1 Å². The molecule has 0 N–H and O–H groups in total. The van der Waals surface area contributed by atoms with E-state index in [1.807, 2.05) is 76.6 Å². The van der Waals surface area contributed by atoms with Crippen LogP contribution in [0.25, 0.3) is 12.3 Å². The first-order valence-electron chi connectivity index (χ1n) is 7.40. The number of imidazole rings is 1. The lowest BCUT2D eigenvalue weighted by molar-refractivity contribution is 1.11. The smallest absolute Gasteiger partial charge is 0.136 e. The Morgan fingerprint density at radius 3 is 1.90 bits per heavy atom. The Balaban J connectivity index is -0.000000260. The summed E-state index contributed by atoms with van der Waals surface area (Å²) in [5.74, 6) is 0.840. The van der Waals surface area contributed by atoms with Gasteiger partial charge in [-0.05, 0) is 19.9 Å². The summed E-state index contributed by atoms with van der Waals surface area (Å²) in [4.78, 5) is 4.17. The van der Waals surface area contributed by atoms with Crippen LogP contribution in [-0.4, -0.2) is 9.55 Å². The minimum Gasteiger partial charge on any atom is -0.307 e. The van der Waals surface area contributed by atoms with Crippen molar-refractivity contribution in [2.45, 2.75) is 41.5 Å². The maximum atomic E-state index is 4.17. The number of allylic oxidation sites excluding steroid dienone is 5. The number of aryl methyl sites for hydroxylation is 1. The molecule has 21 heavy (non-hydrogen) atoms. The second kappa shape index (κ2) is 20.2. The topological polar surface area (TPSA) is 17.8 Å². The van der Waals surface area contributed by atoms with Gasteiger partial charge in [-0.1, -0.05) is 77.8 Å². The Morgan fingerprint density at radius 2 is 1.57 bits per heavy atom. The van der Waals surface area contributed by atoms with E-state index in [0.29, 0.717) is 0 Å². The molecule has 1 rings (SSSR count). The van der Waals surface area contributed by atoms with Crippen molar-refractivity contribution in [1.82, 2.24) is 9.55 Å². The van der Waals surface area contributed by atoms with Gasteiger partial charge in [0, 0.05) is 12.4 Å². The fourth-order valence-corrected chi connectivity index (χ4v) is 1.09. The van der Waals surface area contributed by atoms with Crippen LogP contribution in [0.4, 0.5) is 0 Å². The van der Waals surface area contributed by atoms with Gasteiger partial charge < -0.3 is 4.57 Å². The molecule has 0 saturated carbocycles. The van der Waals surface area contributed by atoms with Crippen molar-refractivity contribution in [1.29, 1.82) is 0 Å². The molecule has 0 bridgehead atoms. The van der Waals surface area contributed by atoms with Crippen LogP contribution in [0.2, 0.25) is 0 Å². The second-order valence-electron chi connectivity index (χ2n) is 3.18. The van der Waals surface area contributed by atoms with Crippen molar-refractivity contribution in [2.75, 3.05) is 0 Å². The van der Waals surface area contributed by atoms with Gasteiger partial charge >= 0.3 is 0 Å². The summed E-state index contributed by atoms with van der Waals surface area (Å²) < 4.78 is 1.84. The highest BCUT2D eigenvalue weighted by Gasteiger charge is 1.95. The zero-order valence-electron chi connectivity index (χ0n) is 14.6. The van der Waals surface area contributed by atoms with Gasteiger partial charge in [-0.25, -0.2) is 4.98 Å². The molecule has 0 radical (unpaired) electrons. The fourth-order valence-electron chi connectivity index (χ4n) is 1.09. The van der Waals surface area contributed by atoms with E-state index < -0.39 is 0 Å².